The van der Waals surface area contributed by atoms with Crippen molar-refractivity contribution in [2.45, 2.75) is 39.7 Å². The zero-order chi connectivity index (χ0) is 15.8. The normalized spacial score (nSPS) is 12.7. The van der Waals surface area contributed by atoms with Gasteiger partial charge in [-0.2, -0.15) is 5.10 Å². The van der Waals surface area contributed by atoms with Crippen LogP contribution in [0.25, 0.3) is 0 Å². The van der Waals surface area contributed by atoms with Gasteiger partial charge in [0.2, 0.25) is 5.91 Å². The van der Waals surface area contributed by atoms with E-state index in [1.807, 2.05) is 26.0 Å². The lowest BCUT2D eigenvalue weighted by Crippen LogP contribution is -2.33. The minimum Gasteiger partial charge on any atom is -0.353 e. The van der Waals surface area contributed by atoms with Crippen LogP contribution >= 0.6 is 22.6 Å². The Hall–Kier alpha value is -1.44. The van der Waals surface area contributed by atoms with Crippen molar-refractivity contribution < 1.29 is 9.59 Å². The average Bonchev–Trinajstić information content (AvgIpc) is 2.45. The van der Waals surface area contributed by atoms with E-state index in [9.17, 15) is 9.59 Å². The van der Waals surface area contributed by atoms with Gasteiger partial charge in [0.1, 0.15) is 0 Å². The third-order valence-corrected chi connectivity index (χ3v) is 3.61. The molecule has 1 atom stereocenters. The van der Waals surface area contributed by atoms with E-state index < -0.39 is 0 Å². The van der Waals surface area contributed by atoms with E-state index in [0.717, 1.165) is 9.99 Å². The Labute approximate surface area is 138 Å². The van der Waals surface area contributed by atoms with E-state index in [1.165, 1.54) is 0 Å². The highest BCUT2D eigenvalue weighted by molar-refractivity contribution is 14.1. The fourth-order valence-corrected chi connectivity index (χ4v) is 1.87. The Morgan fingerprint density at radius 3 is 2.48 bits per heavy atom. The first-order valence-corrected chi connectivity index (χ1v) is 7.88. The van der Waals surface area contributed by atoms with E-state index >= 15 is 0 Å². The second kappa shape index (κ2) is 8.76. The van der Waals surface area contributed by atoms with Gasteiger partial charge in [0, 0.05) is 20.9 Å². The molecular weight excluding hydrogens is 381 g/mol. The van der Waals surface area contributed by atoms with Gasteiger partial charge in [-0.15, -0.1) is 0 Å². The second-order valence-corrected chi connectivity index (χ2v) is 6.09. The second-order valence-electron chi connectivity index (χ2n) is 4.85. The first-order valence-electron chi connectivity index (χ1n) is 6.80. The Morgan fingerprint density at radius 2 is 1.90 bits per heavy atom. The number of carbonyl (C=O) groups excluding carboxylic acids is 2. The lowest BCUT2D eigenvalue weighted by atomic mass is 10.2. The van der Waals surface area contributed by atoms with Crippen molar-refractivity contribution >= 4 is 40.1 Å². The van der Waals surface area contributed by atoms with Gasteiger partial charge in [0.05, 0.1) is 6.42 Å². The topological polar surface area (TPSA) is 70.6 Å². The predicted molar refractivity (Wildman–Crippen MR) is 92.2 cm³/mol. The summed E-state index contributed by atoms with van der Waals surface area (Å²) >= 11 is 2.17. The molecule has 1 rings (SSSR count). The summed E-state index contributed by atoms with van der Waals surface area (Å²) in [5.74, 6) is -0.373. The molecule has 6 heteroatoms. The summed E-state index contributed by atoms with van der Waals surface area (Å²) in [6, 6.07) is 7.32. The number of hydrazone groups is 1. The number of hydrogen-bond acceptors (Lipinski definition) is 3. The molecule has 0 aliphatic rings. The first kappa shape index (κ1) is 17.6. The van der Waals surface area contributed by atoms with E-state index in [2.05, 4.69) is 38.4 Å². The summed E-state index contributed by atoms with van der Waals surface area (Å²) in [7, 11) is 0. The van der Waals surface area contributed by atoms with Crippen molar-refractivity contribution in [1.29, 1.82) is 0 Å². The number of halogens is 1. The molecule has 0 saturated heterocycles. The Bertz CT molecular complexity index is 526. The number of nitrogens with zero attached hydrogens (tertiary/aromatic N) is 1. The standard InChI is InChI=1S/C15H20IN3O2/c1-4-10(2)17-14(20)9-11(3)18-19-15(21)12-5-7-13(16)8-6-12/h5-8,10H,4,9H2,1-3H3,(H,17,20)(H,19,21). The smallest absolute Gasteiger partial charge is 0.271 e. The van der Waals surface area contributed by atoms with Gasteiger partial charge in [-0.1, -0.05) is 6.92 Å². The zero-order valence-corrected chi connectivity index (χ0v) is 14.6. The van der Waals surface area contributed by atoms with E-state index in [1.54, 1.807) is 19.1 Å². The Morgan fingerprint density at radius 1 is 1.29 bits per heavy atom. The monoisotopic (exact) mass is 401 g/mol. The minimum absolute atomic E-state index is 0.0888. The molecule has 2 amide bonds. The van der Waals surface area contributed by atoms with Crippen molar-refractivity contribution in [3.05, 3.63) is 33.4 Å². The van der Waals surface area contributed by atoms with Gasteiger partial charge in [-0.25, -0.2) is 5.43 Å². The number of benzene rings is 1. The summed E-state index contributed by atoms with van der Waals surface area (Å²) in [6.45, 7) is 5.67. The Balaban J connectivity index is 2.49. The fourth-order valence-electron chi connectivity index (χ4n) is 1.51. The maximum absolute atomic E-state index is 11.8. The molecule has 21 heavy (non-hydrogen) atoms. The summed E-state index contributed by atoms with van der Waals surface area (Å²) < 4.78 is 1.06. The molecule has 0 fully saturated rings. The van der Waals surface area contributed by atoms with Crippen molar-refractivity contribution in [1.82, 2.24) is 10.7 Å². The van der Waals surface area contributed by atoms with Crippen LogP contribution in [-0.2, 0) is 4.79 Å². The van der Waals surface area contributed by atoms with Gasteiger partial charge < -0.3 is 5.32 Å². The summed E-state index contributed by atoms with van der Waals surface area (Å²) in [5, 5.41) is 6.80. The molecule has 0 bridgehead atoms. The number of rotatable bonds is 6. The van der Waals surface area contributed by atoms with Crippen LogP contribution in [0.3, 0.4) is 0 Å². The van der Waals surface area contributed by atoms with Crippen LogP contribution in [0.1, 0.15) is 44.0 Å². The third kappa shape index (κ3) is 6.70. The van der Waals surface area contributed by atoms with Crippen molar-refractivity contribution in [3.63, 3.8) is 0 Å². The molecule has 0 aliphatic heterocycles. The number of nitrogens with one attached hydrogen (secondary N) is 2. The molecule has 0 aliphatic carbocycles. The number of carbonyl (C=O) groups is 2. The number of hydrogen-bond donors (Lipinski definition) is 2. The molecule has 0 saturated carbocycles. The van der Waals surface area contributed by atoms with Crippen LogP contribution in [0.15, 0.2) is 29.4 Å². The highest BCUT2D eigenvalue weighted by Crippen LogP contribution is 2.06. The predicted octanol–water partition coefficient (Wildman–Crippen LogP) is 2.70. The van der Waals surface area contributed by atoms with Gasteiger partial charge in [0.15, 0.2) is 0 Å². The van der Waals surface area contributed by atoms with Crippen LogP contribution < -0.4 is 10.7 Å². The molecule has 1 aromatic rings. The van der Waals surface area contributed by atoms with Crippen LogP contribution in [0.5, 0.6) is 0 Å². The summed E-state index contributed by atoms with van der Waals surface area (Å²) in [5.41, 5.74) is 3.56. The van der Waals surface area contributed by atoms with Gasteiger partial charge in [0.25, 0.3) is 5.91 Å². The third-order valence-electron chi connectivity index (χ3n) is 2.89. The Kier molecular flexibility index (Phi) is 7.35. The molecule has 0 spiro atoms. The molecule has 114 valence electrons. The highest BCUT2D eigenvalue weighted by Gasteiger charge is 2.08. The first-order chi connectivity index (χ1) is 9.92. The van der Waals surface area contributed by atoms with Crippen LogP contribution in [0.2, 0.25) is 0 Å². The fraction of sp³-hybridized carbons (Fsp3) is 0.400. The largest absolute Gasteiger partial charge is 0.353 e. The molecule has 1 unspecified atom stereocenters. The molecule has 2 N–H and O–H groups in total. The lowest BCUT2D eigenvalue weighted by Gasteiger charge is -2.10. The molecule has 5 nitrogen and oxygen atoms in total. The maximum atomic E-state index is 11.8. The average molecular weight is 401 g/mol. The van der Waals surface area contributed by atoms with Crippen LogP contribution in [0.4, 0.5) is 0 Å². The molecule has 0 heterocycles. The summed E-state index contributed by atoms with van der Waals surface area (Å²) in [4.78, 5) is 23.5. The van der Waals surface area contributed by atoms with E-state index in [4.69, 9.17) is 0 Å². The maximum Gasteiger partial charge on any atom is 0.271 e. The van der Waals surface area contributed by atoms with E-state index in [-0.39, 0.29) is 24.3 Å². The quantitative estimate of drug-likeness (QED) is 0.437. The van der Waals surface area contributed by atoms with Gasteiger partial charge in [-0.3, -0.25) is 9.59 Å². The van der Waals surface area contributed by atoms with Gasteiger partial charge >= 0.3 is 0 Å². The van der Waals surface area contributed by atoms with Crippen molar-refractivity contribution in [2.24, 2.45) is 5.10 Å². The highest BCUT2D eigenvalue weighted by atomic mass is 127. The van der Waals surface area contributed by atoms with Crippen molar-refractivity contribution in [2.75, 3.05) is 0 Å². The molecular formula is C15H20IN3O2. The molecule has 0 radical (unpaired) electrons. The van der Waals surface area contributed by atoms with Gasteiger partial charge in [-0.05, 0) is 67.1 Å². The van der Waals surface area contributed by atoms with E-state index in [0.29, 0.717) is 11.3 Å². The number of amides is 2. The zero-order valence-electron chi connectivity index (χ0n) is 12.4. The molecule has 1 aromatic carbocycles. The van der Waals surface area contributed by atoms with Crippen molar-refractivity contribution in [3.8, 4) is 0 Å². The lowest BCUT2D eigenvalue weighted by molar-refractivity contribution is -0.120. The SMILES string of the molecule is CCC(C)NC(=O)CC(C)=NNC(=O)c1ccc(I)cc1. The summed E-state index contributed by atoms with van der Waals surface area (Å²) in [6.07, 6.45) is 1.06. The van der Waals surface area contributed by atoms with Crippen LogP contribution in [0, 0.1) is 3.57 Å². The minimum atomic E-state index is -0.284. The molecule has 0 aromatic heterocycles. The van der Waals surface area contributed by atoms with Crippen LogP contribution in [-0.4, -0.2) is 23.6 Å².